The summed E-state index contributed by atoms with van der Waals surface area (Å²) in [6.07, 6.45) is 0.507. The first-order valence-corrected chi connectivity index (χ1v) is 7.53. The summed E-state index contributed by atoms with van der Waals surface area (Å²) in [5.41, 5.74) is 6.42. The van der Waals surface area contributed by atoms with Crippen LogP contribution in [0.25, 0.3) is 10.7 Å². The molecule has 92 valence electrons. The van der Waals surface area contributed by atoms with Gasteiger partial charge in [0.05, 0.1) is 17.0 Å². The summed E-state index contributed by atoms with van der Waals surface area (Å²) in [7, 11) is 0. The van der Waals surface area contributed by atoms with Crippen LogP contribution in [0.15, 0.2) is 25.8 Å². The summed E-state index contributed by atoms with van der Waals surface area (Å²) in [5, 5.41) is 8.37. The molecule has 3 heterocycles. The molecule has 0 radical (unpaired) electrons. The first-order chi connectivity index (χ1) is 8.70. The van der Waals surface area contributed by atoms with E-state index in [0.717, 1.165) is 15.0 Å². The van der Waals surface area contributed by atoms with Gasteiger partial charge in [-0.25, -0.2) is 4.98 Å². The predicted octanol–water partition coefficient (Wildman–Crippen LogP) is 3.19. The van der Waals surface area contributed by atoms with Gasteiger partial charge in [0.1, 0.15) is 0 Å². The zero-order valence-corrected chi connectivity index (χ0v) is 12.2. The highest BCUT2D eigenvalue weighted by atomic mass is 79.9. The van der Waals surface area contributed by atoms with Gasteiger partial charge in [-0.3, -0.25) is 0 Å². The molecule has 2 N–H and O–H groups in total. The maximum Gasteiger partial charge on any atom is 0.233 e. The topological polar surface area (TPSA) is 77.8 Å². The molecule has 0 aliphatic heterocycles. The van der Waals surface area contributed by atoms with Crippen molar-refractivity contribution in [2.75, 3.05) is 5.73 Å². The molecule has 18 heavy (non-hydrogen) atoms. The van der Waals surface area contributed by atoms with Crippen LogP contribution in [0.4, 0.5) is 5.13 Å². The largest absolute Gasteiger partial charge is 0.375 e. The van der Waals surface area contributed by atoms with E-state index in [-0.39, 0.29) is 0 Å². The summed E-state index contributed by atoms with van der Waals surface area (Å²) in [4.78, 5) is 9.46. The Morgan fingerprint density at radius 2 is 2.17 bits per heavy atom. The van der Waals surface area contributed by atoms with Crippen molar-refractivity contribution in [3.05, 3.63) is 32.9 Å². The van der Waals surface area contributed by atoms with Gasteiger partial charge in [-0.1, -0.05) is 5.16 Å². The molecule has 0 spiro atoms. The molecule has 0 bridgehead atoms. The number of nitrogen functional groups attached to an aromatic ring is 1. The summed E-state index contributed by atoms with van der Waals surface area (Å²) >= 11 is 6.36. The van der Waals surface area contributed by atoms with Crippen molar-refractivity contribution >= 4 is 43.7 Å². The lowest BCUT2D eigenvalue weighted by Crippen LogP contribution is -1.90. The second-order valence-electron chi connectivity index (χ2n) is 3.49. The zero-order valence-electron chi connectivity index (χ0n) is 8.96. The molecule has 3 aromatic heterocycles. The molecule has 3 aromatic rings. The van der Waals surface area contributed by atoms with Gasteiger partial charge in [0, 0.05) is 15.2 Å². The molecule has 0 unspecified atom stereocenters. The number of nitrogens with two attached hydrogens (primary N) is 1. The van der Waals surface area contributed by atoms with Crippen LogP contribution in [0.3, 0.4) is 0 Å². The molecule has 3 rings (SSSR count). The normalized spacial score (nSPS) is 10.9. The Bertz CT molecular complexity index is 675. The number of thiazole rings is 1. The van der Waals surface area contributed by atoms with Crippen LogP contribution in [-0.2, 0) is 6.42 Å². The third kappa shape index (κ3) is 2.45. The number of rotatable bonds is 3. The summed E-state index contributed by atoms with van der Waals surface area (Å²) in [6.45, 7) is 0. The second kappa shape index (κ2) is 4.79. The number of nitrogens with zero attached hydrogens (tertiary/aromatic N) is 3. The van der Waals surface area contributed by atoms with Gasteiger partial charge in [-0.05, 0) is 22.0 Å². The first-order valence-electron chi connectivity index (χ1n) is 4.97. The SMILES string of the molecule is Nc1nc(Cc2nc(-c3cc(Br)cs3)no2)cs1. The number of anilines is 1. The number of hydrogen-bond acceptors (Lipinski definition) is 7. The highest BCUT2D eigenvalue weighted by Gasteiger charge is 2.12. The van der Waals surface area contributed by atoms with Crippen molar-refractivity contribution in [2.24, 2.45) is 0 Å². The van der Waals surface area contributed by atoms with Crippen LogP contribution >= 0.6 is 38.6 Å². The van der Waals surface area contributed by atoms with Gasteiger partial charge >= 0.3 is 0 Å². The molecule has 0 aliphatic carbocycles. The van der Waals surface area contributed by atoms with Crippen LogP contribution in [-0.4, -0.2) is 15.1 Å². The number of halogens is 1. The fourth-order valence-electron chi connectivity index (χ4n) is 1.42. The van der Waals surface area contributed by atoms with Gasteiger partial charge in [0.15, 0.2) is 5.13 Å². The van der Waals surface area contributed by atoms with E-state index in [0.29, 0.717) is 23.3 Å². The molecule has 0 fully saturated rings. The van der Waals surface area contributed by atoms with Crippen molar-refractivity contribution in [1.82, 2.24) is 15.1 Å². The maximum atomic E-state index is 5.57. The third-order valence-corrected chi connectivity index (χ3v) is 4.57. The van der Waals surface area contributed by atoms with Crippen molar-refractivity contribution in [3.63, 3.8) is 0 Å². The van der Waals surface area contributed by atoms with E-state index in [9.17, 15) is 0 Å². The number of hydrogen-bond donors (Lipinski definition) is 1. The van der Waals surface area contributed by atoms with E-state index in [1.807, 2.05) is 16.8 Å². The summed E-state index contributed by atoms with van der Waals surface area (Å²) in [6, 6.07) is 1.96. The van der Waals surface area contributed by atoms with E-state index >= 15 is 0 Å². The smallest absolute Gasteiger partial charge is 0.233 e. The van der Waals surface area contributed by atoms with Crippen LogP contribution in [0, 0.1) is 0 Å². The lowest BCUT2D eigenvalue weighted by Gasteiger charge is -1.87. The van der Waals surface area contributed by atoms with Crippen LogP contribution in [0.5, 0.6) is 0 Å². The Hall–Kier alpha value is -1.25. The maximum absolute atomic E-state index is 5.57. The Morgan fingerprint density at radius 1 is 1.28 bits per heavy atom. The highest BCUT2D eigenvalue weighted by molar-refractivity contribution is 9.10. The monoisotopic (exact) mass is 342 g/mol. The molecular weight excluding hydrogens is 336 g/mol. The fraction of sp³-hybridized carbons (Fsp3) is 0.100. The molecule has 0 saturated heterocycles. The highest BCUT2D eigenvalue weighted by Crippen LogP contribution is 2.28. The molecule has 0 aliphatic rings. The van der Waals surface area contributed by atoms with Crippen molar-refractivity contribution < 1.29 is 4.52 Å². The minimum Gasteiger partial charge on any atom is -0.375 e. The lowest BCUT2D eigenvalue weighted by molar-refractivity contribution is 0.385. The first kappa shape index (κ1) is 11.8. The fourth-order valence-corrected chi connectivity index (χ4v) is 3.33. The average Bonchev–Trinajstić information content (AvgIpc) is 3.01. The Labute approximate surface area is 119 Å². The predicted molar refractivity (Wildman–Crippen MR) is 74.6 cm³/mol. The van der Waals surface area contributed by atoms with Crippen LogP contribution in [0.2, 0.25) is 0 Å². The van der Waals surface area contributed by atoms with E-state index in [4.69, 9.17) is 10.3 Å². The standard InChI is InChI=1S/C10H7BrN4OS2/c11-5-1-7(17-3-5)9-14-8(16-15-9)2-6-4-18-10(12)13-6/h1,3-4H,2H2,(H2,12,13). The Balaban J connectivity index is 1.81. The molecule has 8 heteroatoms. The molecular formula is C10H7BrN4OS2. The quantitative estimate of drug-likeness (QED) is 0.790. The summed E-state index contributed by atoms with van der Waals surface area (Å²) in [5.74, 6) is 1.14. The van der Waals surface area contributed by atoms with Crippen molar-refractivity contribution in [1.29, 1.82) is 0 Å². The zero-order chi connectivity index (χ0) is 12.5. The third-order valence-electron chi connectivity index (χ3n) is 2.16. The molecule has 0 amide bonds. The van der Waals surface area contributed by atoms with Crippen molar-refractivity contribution in [3.8, 4) is 10.7 Å². The van der Waals surface area contributed by atoms with Crippen LogP contribution in [0.1, 0.15) is 11.6 Å². The molecule has 5 nitrogen and oxygen atoms in total. The summed E-state index contributed by atoms with van der Waals surface area (Å²) < 4.78 is 6.21. The average molecular weight is 343 g/mol. The van der Waals surface area contributed by atoms with Gasteiger partial charge < -0.3 is 10.3 Å². The Kier molecular flexibility index (Phi) is 3.14. The lowest BCUT2D eigenvalue weighted by atomic mass is 10.3. The minimum atomic E-state index is 0.507. The molecule has 0 atom stereocenters. The van der Waals surface area contributed by atoms with E-state index in [2.05, 4.69) is 31.1 Å². The van der Waals surface area contributed by atoms with Gasteiger partial charge in [-0.15, -0.1) is 22.7 Å². The van der Waals surface area contributed by atoms with E-state index < -0.39 is 0 Å². The molecule has 0 aromatic carbocycles. The van der Waals surface area contributed by atoms with Gasteiger partial charge in [0.2, 0.25) is 11.7 Å². The van der Waals surface area contributed by atoms with Gasteiger partial charge in [-0.2, -0.15) is 4.98 Å². The number of aromatic nitrogens is 3. The number of thiophene rings is 1. The van der Waals surface area contributed by atoms with Crippen molar-refractivity contribution in [2.45, 2.75) is 6.42 Å². The van der Waals surface area contributed by atoms with E-state index in [1.54, 1.807) is 11.3 Å². The van der Waals surface area contributed by atoms with E-state index in [1.165, 1.54) is 11.3 Å². The minimum absolute atomic E-state index is 0.507. The van der Waals surface area contributed by atoms with Crippen LogP contribution < -0.4 is 5.73 Å². The Morgan fingerprint density at radius 3 is 2.83 bits per heavy atom. The molecule has 0 saturated carbocycles. The second-order valence-corrected chi connectivity index (χ2v) is 6.21. The van der Waals surface area contributed by atoms with Gasteiger partial charge in [0.25, 0.3) is 0 Å².